The number of hydrogen-bond donors (Lipinski definition) is 2. The fourth-order valence-electron chi connectivity index (χ4n) is 5.15. The topological polar surface area (TPSA) is 127 Å². The van der Waals surface area contributed by atoms with Crippen molar-refractivity contribution in [2.24, 2.45) is 0 Å². The van der Waals surface area contributed by atoms with Crippen molar-refractivity contribution in [2.45, 2.75) is 52.0 Å². The standard InChI is InChI=1S/C30H28N8O2/c1-16(2)38-17(3)22(15-32-38)25-34-24-21(10-13-31-26(24)35-25)19-8-9-20-18(14-19)6-5-7-23(20)33-28(39)27-36-29(40-37-27)30(4)11-12-30/h5-10,13-16H,11-12H2,1-4H3,(H,33,39)(H,31,34,35). The largest absolute Gasteiger partial charge is 0.338 e. The van der Waals surface area contributed by atoms with Gasteiger partial charge < -0.3 is 14.8 Å². The number of aromatic nitrogens is 7. The maximum atomic E-state index is 12.9. The second kappa shape index (κ2) is 8.84. The minimum atomic E-state index is -0.396. The van der Waals surface area contributed by atoms with Crippen LogP contribution in [-0.4, -0.2) is 40.8 Å². The molecule has 0 unspecified atom stereocenters. The Morgan fingerprint density at radius 1 is 1.12 bits per heavy atom. The maximum absolute atomic E-state index is 12.9. The van der Waals surface area contributed by atoms with Crippen LogP contribution in [0.1, 0.15) is 61.9 Å². The van der Waals surface area contributed by atoms with Gasteiger partial charge in [-0.2, -0.15) is 10.1 Å². The summed E-state index contributed by atoms with van der Waals surface area (Å²) in [5.74, 6) is 0.908. The fraction of sp³-hybridized carbons (Fsp3) is 0.267. The lowest BCUT2D eigenvalue weighted by molar-refractivity contribution is 0.101. The average molecular weight is 533 g/mol. The number of hydrogen-bond acceptors (Lipinski definition) is 7. The first kappa shape index (κ1) is 24.2. The third-order valence-corrected chi connectivity index (χ3v) is 7.76. The number of nitrogens with one attached hydrogen (secondary N) is 2. The summed E-state index contributed by atoms with van der Waals surface area (Å²) in [6.07, 6.45) is 5.62. The van der Waals surface area contributed by atoms with E-state index in [4.69, 9.17) is 9.51 Å². The Kier molecular flexibility index (Phi) is 5.35. The van der Waals surface area contributed by atoms with Crippen molar-refractivity contribution in [2.75, 3.05) is 5.32 Å². The van der Waals surface area contributed by atoms with Gasteiger partial charge in [-0.25, -0.2) is 9.97 Å². The van der Waals surface area contributed by atoms with Crippen LogP contribution >= 0.6 is 0 Å². The van der Waals surface area contributed by atoms with E-state index in [1.807, 2.05) is 47.3 Å². The minimum Gasteiger partial charge on any atom is -0.338 e. The lowest BCUT2D eigenvalue weighted by Crippen LogP contribution is -2.14. The molecule has 40 heavy (non-hydrogen) atoms. The molecule has 0 radical (unpaired) electrons. The van der Waals surface area contributed by atoms with E-state index in [9.17, 15) is 4.79 Å². The summed E-state index contributed by atoms with van der Waals surface area (Å²) in [6, 6.07) is 14.2. The van der Waals surface area contributed by atoms with Gasteiger partial charge in [0, 0.05) is 40.0 Å². The third kappa shape index (κ3) is 3.95. The van der Waals surface area contributed by atoms with Crippen molar-refractivity contribution in [3.05, 3.63) is 72.3 Å². The highest BCUT2D eigenvalue weighted by Crippen LogP contribution is 2.46. The summed E-state index contributed by atoms with van der Waals surface area (Å²) in [5.41, 5.74) is 6.05. The third-order valence-electron chi connectivity index (χ3n) is 7.76. The number of pyridine rings is 1. The highest BCUT2D eigenvalue weighted by atomic mass is 16.5. The zero-order chi connectivity index (χ0) is 27.6. The SMILES string of the molecule is Cc1c(-c2nc3c(-c4ccc5c(NC(=O)c6noc(C7(C)CC7)n6)cccc5c4)ccnc3[nH]2)cnn1C(C)C. The first-order valence-electron chi connectivity index (χ1n) is 13.4. The zero-order valence-electron chi connectivity index (χ0n) is 22.7. The average Bonchev–Trinajstić information content (AvgIpc) is 3.33. The van der Waals surface area contributed by atoms with Crippen LogP contribution in [0.25, 0.3) is 44.5 Å². The first-order valence-corrected chi connectivity index (χ1v) is 13.4. The number of H-pyrrole nitrogens is 1. The summed E-state index contributed by atoms with van der Waals surface area (Å²) >= 11 is 0. The molecule has 1 amide bonds. The molecule has 200 valence electrons. The molecule has 0 bridgehead atoms. The van der Waals surface area contributed by atoms with Crippen LogP contribution in [0.3, 0.4) is 0 Å². The molecule has 10 heteroatoms. The number of imidazole rings is 1. The molecule has 1 fully saturated rings. The van der Waals surface area contributed by atoms with E-state index >= 15 is 0 Å². The number of carbonyl (C=O) groups is 1. The molecule has 0 spiro atoms. The Bertz CT molecular complexity index is 1920. The molecule has 0 aliphatic heterocycles. The van der Waals surface area contributed by atoms with Gasteiger partial charge in [-0.15, -0.1) is 0 Å². The first-order chi connectivity index (χ1) is 19.3. The van der Waals surface area contributed by atoms with E-state index in [1.165, 1.54) is 0 Å². The Hall–Kier alpha value is -4.86. The molecule has 6 aromatic rings. The van der Waals surface area contributed by atoms with Gasteiger partial charge in [-0.1, -0.05) is 36.3 Å². The molecule has 4 heterocycles. The van der Waals surface area contributed by atoms with Gasteiger partial charge in [-0.3, -0.25) is 9.48 Å². The quantitative estimate of drug-likeness (QED) is 0.261. The molecule has 0 saturated heterocycles. The van der Waals surface area contributed by atoms with E-state index < -0.39 is 5.91 Å². The normalized spacial score (nSPS) is 14.3. The van der Waals surface area contributed by atoms with Crippen molar-refractivity contribution in [1.29, 1.82) is 0 Å². The predicted octanol–water partition coefficient (Wildman–Crippen LogP) is 6.22. The van der Waals surface area contributed by atoms with Gasteiger partial charge in [-0.05, 0) is 62.8 Å². The van der Waals surface area contributed by atoms with Gasteiger partial charge >= 0.3 is 0 Å². The van der Waals surface area contributed by atoms with Crippen LogP contribution in [-0.2, 0) is 5.41 Å². The predicted molar refractivity (Wildman–Crippen MR) is 152 cm³/mol. The molecule has 1 aliphatic carbocycles. The van der Waals surface area contributed by atoms with Crippen LogP contribution in [0.15, 0.2) is 59.4 Å². The molecule has 2 N–H and O–H groups in total. The van der Waals surface area contributed by atoms with Gasteiger partial charge in [0.2, 0.25) is 5.89 Å². The number of amides is 1. The molecule has 0 atom stereocenters. The Morgan fingerprint density at radius 2 is 1.98 bits per heavy atom. The number of fused-ring (bicyclic) bond motifs is 2. The highest BCUT2D eigenvalue weighted by molar-refractivity contribution is 6.08. The molecule has 1 saturated carbocycles. The summed E-state index contributed by atoms with van der Waals surface area (Å²) in [6.45, 7) is 8.32. The van der Waals surface area contributed by atoms with Crippen LogP contribution in [0.5, 0.6) is 0 Å². The number of anilines is 1. The molecule has 1 aliphatic rings. The maximum Gasteiger partial charge on any atom is 0.297 e. The smallest absolute Gasteiger partial charge is 0.297 e. The second-order valence-corrected chi connectivity index (χ2v) is 11.0. The summed E-state index contributed by atoms with van der Waals surface area (Å²) in [5, 5.41) is 13.3. The van der Waals surface area contributed by atoms with E-state index in [2.05, 4.69) is 64.3 Å². The van der Waals surface area contributed by atoms with Crippen molar-refractivity contribution in [1.82, 2.24) is 34.9 Å². The molecular weight excluding hydrogens is 504 g/mol. The van der Waals surface area contributed by atoms with E-state index in [1.54, 1.807) is 6.20 Å². The van der Waals surface area contributed by atoms with E-state index in [-0.39, 0.29) is 17.3 Å². The minimum absolute atomic E-state index is 0.0411. The van der Waals surface area contributed by atoms with Crippen LogP contribution in [0.2, 0.25) is 0 Å². The van der Waals surface area contributed by atoms with E-state index in [0.29, 0.717) is 17.2 Å². The van der Waals surface area contributed by atoms with Gasteiger partial charge in [0.25, 0.3) is 11.7 Å². The lowest BCUT2D eigenvalue weighted by Gasteiger charge is -2.09. The highest BCUT2D eigenvalue weighted by Gasteiger charge is 2.45. The summed E-state index contributed by atoms with van der Waals surface area (Å²) < 4.78 is 7.33. The molecule has 10 nitrogen and oxygen atoms in total. The number of benzene rings is 2. The number of nitrogens with zero attached hydrogens (tertiary/aromatic N) is 6. The monoisotopic (exact) mass is 532 g/mol. The number of carbonyl (C=O) groups excluding carboxylic acids is 1. The molecule has 7 rings (SSSR count). The van der Waals surface area contributed by atoms with Crippen LogP contribution < -0.4 is 5.32 Å². The Balaban J connectivity index is 1.22. The van der Waals surface area contributed by atoms with Crippen LogP contribution in [0.4, 0.5) is 5.69 Å². The second-order valence-electron chi connectivity index (χ2n) is 11.0. The Labute approximate surface area is 229 Å². The van der Waals surface area contributed by atoms with Crippen molar-refractivity contribution >= 4 is 33.5 Å². The Morgan fingerprint density at radius 3 is 2.75 bits per heavy atom. The summed E-state index contributed by atoms with van der Waals surface area (Å²) in [7, 11) is 0. The van der Waals surface area contributed by atoms with Crippen molar-refractivity contribution in [3.8, 4) is 22.5 Å². The van der Waals surface area contributed by atoms with Crippen molar-refractivity contribution in [3.63, 3.8) is 0 Å². The number of rotatable bonds is 6. The molecule has 2 aromatic carbocycles. The molecule has 4 aromatic heterocycles. The summed E-state index contributed by atoms with van der Waals surface area (Å²) in [4.78, 5) is 30.1. The molecular formula is C30H28N8O2. The van der Waals surface area contributed by atoms with E-state index in [0.717, 1.165) is 57.3 Å². The van der Waals surface area contributed by atoms with Crippen molar-refractivity contribution < 1.29 is 9.32 Å². The van der Waals surface area contributed by atoms with Gasteiger partial charge in [0.15, 0.2) is 5.65 Å². The van der Waals surface area contributed by atoms with Crippen LogP contribution in [0, 0.1) is 6.92 Å². The number of aromatic amines is 1. The fourth-order valence-corrected chi connectivity index (χ4v) is 5.15. The van der Waals surface area contributed by atoms with Gasteiger partial charge in [0.1, 0.15) is 11.3 Å². The lowest BCUT2D eigenvalue weighted by atomic mass is 10.0. The van der Waals surface area contributed by atoms with Gasteiger partial charge in [0.05, 0.1) is 11.8 Å². The zero-order valence-corrected chi connectivity index (χ0v) is 22.7.